The zero-order valence-electron chi connectivity index (χ0n) is 27.9. The van der Waals surface area contributed by atoms with Crippen LogP contribution >= 0.6 is 0 Å². The highest BCUT2D eigenvalue weighted by Crippen LogP contribution is 2.40. The topological polar surface area (TPSA) is 129 Å². The molecule has 252 valence electrons. The molecule has 3 heterocycles. The minimum atomic E-state index is -1.45. The van der Waals surface area contributed by atoms with Gasteiger partial charge in [0.05, 0.1) is 31.3 Å². The van der Waals surface area contributed by atoms with E-state index in [2.05, 4.69) is 10.3 Å². The lowest BCUT2D eigenvalue weighted by Gasteiger charge is -2.35. The van der Waals surface area contributed by atoms with E-state index in [1.165, 1.54) is 4.90 Å². The van der Waals surface area contributed by atoms with Gasteiger partial charge in [-0.1, -0.05) is 54.4 Å². The number of hydrogen-bond acceptors (Lipinski definition) is 9. The highest BCUT2D eigenvalue weighted by molar-refractivity contribution is 5.91. The van der Waals surface area contributed by atoms with Gasteiger partial charge in [0.15, 0.2) is 0 Å². The molecule has 7 atom stereocenters. The van der Waals surface area contributed by atoms with Gasteiger partial charge in [0.2, 0.25) is 11.8 Å². The minimum absolute atomic E-state index is 0.0102. The molecule has 2 aliphatic heterocycles. The summed E-state index contributed by atoms with van der Waals surface area (Å²) < 4.78 is 39.1. The molecule has 1 aromatic carbocycles. The van der Waals surface area contributed by atoms with Crippen molar-refractivity contribution in [2.24, 2.45) is 23.2 Å². The summed E-state index contributed by atoms with van der Waals surface area (Å²) in [5.41, 5.74) is 0.337. The third-order valence-electron chi connectivity index (χ3n) is 9.08. The summed E-state index contributed by atoms with van der Waals surface area (Å²) >= 11 is 0. The minimum Gasteiger partial charge on any atom is -0.497 e. The number of aromatic nitrogens is 2. The molecule has 12 heteroatoms. The first-order chi connectivity index (χ1) is 21.8. The second kappa shape index (κ2) is 13.6. The highest BCUT2D eigenvalue weighted by Gasteiger charge is 2.51. The quantitative estimate of drug-likeness (QED) is 0.427. The largest absolute Gasteiger partial charge is 0.497 e. The number of rotatable bonds is 4. The molecule has 2 fully saturated rings. The molecular weight excluding hydrogens is 595 g/mol. The molecule has 1 aliphatic carbocycles. The summed E-state index contributed by atoms with van der Waals surface area (Å²) in [7, 11) is 1.55. The lowest BCUT2D eigenvalue weighted by Crippen LogP contribution is -2.57. The lowest BCUT2D eigenvalue weighted by molar-refractivity contribution is -0.156. The van der Waals surface area contributed by atoms with Crippen molar-refractivity contribution >= 4 is 29.0 Å². The van der Waals surface area contributed by atoms with Crippen molar-refractivity contribution in [2.75, 3.05) is 20.3 Å². The Morgan fingerprint density at radius 2 is 1.85 bits per heavy atom. The number of halogens is 1. The Morgan fingerprint density at radius 1 is 1.11 bits per heavy atom. The van der Waals surface area contributed by atoms with Gasteiger partial charge in [0.1, 0.15) is 41.9 Å². The number of esters is 1. The van der Waals surface area contributed by atoms with Crippen molar-refractivity contribution in [3.63, 3.8) is 0 Å². The van der Waals surface area contributed by atoms with Gasteiger partial charge >= 0.3 is 12.1 Å². The van der Waals surface area contributed by atoms with E-state index in [9.17, 15) is 14.4 Å². The van der Waals surface area contributed by atoms with E-state index < -0.39 is 53.7 Å². The number of alkyl carbamates (subject to hydrolysis) is 1. The maximum Gasteiger partial charge on any atom is 0.408 e. The molecule has 46 heavy (non-hydrogen) atoms. The Labute approximate surface area is 269 Å². The molecule has 0 spiro atoms. The summed E-state index contributed by atoms with van der Waals surface area (Å²) in [6.07, 6.45) is 0.00644. The number of benzene rings is 1. The molecule has 1 saturated carbocycles. The molecule has 5 rings (SSSR count). The number of methoxy groups -OCH3 is 1. The van der Waals surface area contributed by atoms with E-state index in [4.69, 9.17) is 23.9 Å². The van der Waals surface area contributed by atoms with Crippen LogP contribution in [-0.4, -0.2) is 77.4 Å². The van der Waals surface area contributed by atoms with Crippen LogP contribution in [0.3, 0.4) is 0 Å². The van der Waals surface area contributed by atoms with E-state index in [-0.39, 0.29) is 49.1 Å². The van der Waals surface area contributed by atoms with Gasteiger partial charge in [-0.3, -0.25) is 4.79 Å². The van der Waals surface area contributed by atoms with Crippen molar-refractivity contribution in [2.45, 2.75) is 104 Å². The second-order valence-electron chi connectivity index (χ2n) is 14.4. The average Bonchev–Trinajstić information content (AvgIpc) is 3.65. The zero-order valence-corrected chi connectivity index (χ0v) is 27.9. The Morgan fingerprint density at radius 3 is 2.54 bits per heavy atom. The Hall–Kier alpha value is -3.70. The van der Waals surface area contributed by atoms with E-state index in [0.29, 0.717) is 23.2 Å². The number of fused-ring (bicyclic) bond motifs is 5. The Bertz CT molecular complexity index is 1450. The molecule has 0 radical (unpaired) electrons. The number of carbonyl (C=O) groups excluding carboxylic acids is 3. The highest BCUT2D eigenvalue weighted by atomic mass is 19.1. The van der Waals surface area contributed by atoms with Gasteiger partial charge in [-0.25, -0.2) is 23.9 Å². The number of hydrogen-bond donors (Lipinski definition) is 1. The van der Waals surface area contributed by atoms with Gasteiger partial charge in [-0.2, -0.15) is 0 Å². The van der Waals surface area contributed by atoms with Gasteiger partial charge in [0, 0.05) is 12.0 Å². The smallest absolute Gasteiger partial charge is 0.408 e. The third-order valence-corrected chi connectivity index (χ3v) is 9.08. The molecule has 1 aromatic heterocycles. The molecule has 7 unspecified atom stereocenters. The average molecular weight is 643 g/mol. The van der Waals surface area contributed by atoms with Gasteiger partial charge in [0.25, 0.3) is 0 Å². The SMILES string of the molecule is COc1ccc2nc3c(nc2c1)OC1CN(C(=O)C(C(C)(C)C)NC(=O)OC2CC2CCCCC3F)C(C(=O)OCC(C)C)C1C. The molecule has 1 saturated heterocycles. The number of nitrogens with one attached hydrogen (secondary N) is 1. The van der Waals surface area contributed by atoms with E-state index in [1.54, 1.807) is 32.2 Å². The maximum atomic E-state index is 16.0. The molecule has 2 amide bonds. The van der Waals surface area contributed by atoms with Crippen molar-refractivity contribution in [3.05, 3.63) is 23.9 Å². The summed E-state index contributed by atoms with van der Waals surface area (Å²) in [4.78, 5) is 51.7. The molecule has 1 N–H and O–H groups in total. The van der Waals surface area contributed by atoms with E-state index in [1.807, 2.05) is 34.6 Å². The first kappa shape index (κ1) is 33.7. The first-order valence-electron chi connectivity index (χ1n) is 16.4. The predicted molar refractivity (Wildman–Crippen MR) is 168 cm³/mol. The standard InChI is InChI=1S/C34H47FN4O7/c1-18(2)17-44-32(41)28-19(3)26-16-39(28)31(40)29(34(4,5)6)38-33(42)46-25-14-20(25)10-8-9-11-22(35)27-30(45-26)37-24-15-21(43-7)12-13-23(24)36-27/h12-13,15,18-20,22,25-26,28-29H,8-11,14,16-17H2,1-7H3,(H,38,42). The second-order valence-corrected chi connectivity index (χ2v) is 14.4. The fraction of sp³-hybridized carbons (Fsp3) is 0.676. The Balaban J connectivity index is 1.55. The van der Waals surface area contributed by atoms with Crippen LogP contribution in [0, 0.1) is 23.2 Å². The van der Waals surface area contributed by atoms with Gasteiger partial charge in [-0.15, -0.1) is 0 Å². The van der Waals surface area contributed by atoms with Crippen LogP contribution < -0.4 is 14.8 Å². The number of amides is 2. The van der Waals surface area contributed by atoms with Crippen LogP contribution in [0.2, 0.25) is 0 Å². The molecule has 3 aliphatic rings. The predicted octanol–water partition coefficient (Wildman–Crippen LogP) is 5.55. The summed E-state index contributed by atoms with van der Waals surface area (Å²) in [5.74, 6) is -0.721. The summed E-state index contributed by atoms with van der Waals surface area (Å²) in [6.45, 7) is 11.3. The fourth-order valence-electron chi connectivity index (χ4n) is 6.24. The third kappa shape index (κ3) is 7.47. The summed E-state index contributed by atoms with van der Waals surface area (Å²) in [5, 5.41) is 2.80. The van der Waals surface area contributed by atoms with Crippen LogP contribution in [0.25, 0.3) is 11.0 Å². The lowest BCUT2D eigenvalue weighted by atomic mass is 9.85. The first-order valence-corrected chi connectivity index (χ1v) is 16.4. The van der Waals surface area contributed by atoms with Crippen molar-refractivity contribution in [1.82, 2.24) is 20.2 Å². The van der Waals surface area contributed by atoms with Crippen LogP contribution in [0.4, 0.5) is 9.18 Å². The van der Waals surface area contributed by atoms with E-state index >= 15 is 4.39 Å². The van der Waals surface area contributed by atoms with E-state index in [0.717, 1.165) is 19.3 Å². The van der Waals surface area contributed by atoms with Crippen molar-refractivity contribution < 1.29 is 37.7 Å². The number of carbonyl (C=O) groups is 3. The van der Waals surface area contributed by atoms with Crippen molar-refractivity contribution in [3.8, 4) is 11.6 Å². The van der Waals surface area contributed by atoms with Crippen LogP contribution in [0.15, 0.2) is 18.2 Å². The van der Waals surface area contributed by atoms with Crippen LogP contribution in [-0.2, 0) is 19.1 Å². The summed E-state index contributed by atoms with van der Waals surface area (Å²) in [6, 6.07) is 3.17. The van der Waals surface area contributed by atoms with Crippen molar-refractivity contribution in [1.29, 1.82) is 0 Å². The zero-order chi connectivity index (χ0) is 33.3. The fourth-order valence-corrected chi connectivity index (χ4v) is 6.24. The molecule has 2 aromatic rings. The number of ether oxygens (including phenoxy) is 4. The van der Waals surface area contributed by atoms with Crippen LogP contribution in [0.1, 0.15) is 85.5 Å². The number of nitrogens with zero attached hydrogens (tertiary/aromatic N) is 3. The molecule has 2 bridgehead atoms. The van der Waals surface area contributed by atoms with Gasteiger partial charge < -0.3 is 29.2 Å². The normalized spacial score (nSPS) is 29.1. The maximum absolute atomic E-state index is 16.0. The molecule has 11 nitrogen and oxygen atoms in total. The molecular formula is C34H47FN4O7. The Kier molecular flexibility index (Phi) is 9.93. The van der Waals surface area contributed by atoms with Gasteiger partial charge in [-0.05, 0) is 48.6 Å². The number of alkyl halides is 1. The monoisotopic (exact) mass is 642 g/mol. The van der Waals surface area contributed by atoms with Crippen LogP contribution in [0.5, 0.6) is 11.6 Å².